The highest BCUT2D eigenvalue weighted by Crippen LogP contribution is 2.07. The third-order valence-electron chi connectivity index (χ3n) is 2.93. The Morgan fingerprint density at radius 2 is 2.06 bits per heavy atom. The molecule has 3 nitrogen and oxygen atoms in total. The highest BCUT2D eigenvalue weighted by atomic mass is 16.5. The summed E-state index contributed by atoms with van der Waals surface area (Å²) in [5.74, 6) is -0.156. The zero-order chi connectivity index (χ0) is 13.2. The highest BCUT2D eigenvalue weighted by Gasteiger charge is 2.17. The molecule has 0 aliphatic carbocycles. The predicted molar refractivity (Wildman–Crippen MR) is 73.5 cm³/mol. The molecule has 0 amide bonds. The number of esters is 1. The zero-order valence-corrected chi connectivity index (χ0v) is 11.3. The summed E-state index contributed by atoms with van der Waals surface area (Å²) in [4.78, 5) is 11.6. The number of carbonyl (C=O) groups excluding carboxylic acids is 1. The van der Waals surface area contributed by atoms with Crippen LogP contribution in [0.5, 0.6) is 0 Å². The average molecular weight is 249 g/mol. The molecule has 0 bridgehead atoms. The second-order valence-electron chi connectivity index (χ2n) is 4.41. The number of hydrogen-bond donors (Lipinski definition) is 1. The van der Waals surface area contributed by atoms with Crippen LogP contribution in [0.15, 0.2) is 30.3 Å². The van der Waals surface area contributed by atoms with E-state index in [9.17, 15) is 4.79 Å². The molecule has 0 aromatic heterocycles. The monoisotopic (exact) mass is 249 g/mol. The summed E-state index contributed by atoms with van der Waals surface area (Å²) in [6, 6.07) is 10.2. The van der Waals surface area contributed by atoms with Gasteiger partial charge in [0.2, 0.25) is 0 Å². The van der Waals surface area contributed by atoms with E-state index in [0.717, 1.165) is 32.2 Å². The quantitative estimate of drug-likeness (QED) is 0.720. The summed E-state index contributed by atoms with van der Waals surface area (Å²) < 4.78 is 4.81. The third kappa shape index (κ3) is 5.32. The van der Waals surface area contributed by atoms with Crippen LogP contribution in [-0.4, -0.2) is 25.7 Å². The molecule has 0 fully saturated rings. The van der Waals surface area contributed by atoms with Crippen LogP contribution in [-0.2, 0) is 16.0 Å². The van der Waals surface area contributed by atoms with Crippen molar-refractivity contribution in [1.29, 1.82) is 0 Å². The molecular weight excluding hydrogens is 226 g/mol. The first-order valence-electron chi connectivity index (χ1n) is 6.63. The molecule has 1 atom stereocenters. The Hall–Kier alpha value is -1.35. The van der Waals surface area contributed by atoms with Crippen molar-refractivity contribution in [2.75, 3.05) is 13.7 Å². The van der Waals surface area contributed by atoms with Crippen LogP contribution in [0.1, 0.15) is 31.7 Å². The normalized spacial score (nSPS) is 12.1. The molecule has 0 spiro atoms. The second kappa shape index (κ2) is 8.70. The fourth-order valence-corrected chi connectivity index (χ4v) is 1.92. The lowest BCUT2D eigenvalue weighted by Gasteiger charge is -2.15. The van der Waals surface area contributed by atoms with Crippen LogP contribution in [0.4, 0.5) is 0 Å². The number of ether oxygens (including phenoxy) is 1. The Morgan fingerprint density at radius 1 is 1.33 bits per heavy atom. The van der Waals surface area contributed by atoms with Crippen molar-refractivity contribution in [3.05, 3.63) is 35.9 Å². The summed E-state index contributed by atoms with van der Waals surface area (Å²) in [7, 11) is 1.44. The van der Waals surface area contributed by atoms with Crippen LogP contribution < -0.4 is 5.32 Å². The van der Waals surface area contributed by atoms with Gasteiger partial charge in [0, 0.05) is 0 Å². The van der Waals surface area contributed by atoms with Crippen LogP contribution in [0.3, 0.4) is 0 Å². The Labute approximate surface area is 110 Å². The molecule has 0 aliphatic heterocycles. The number of benzene rings is 1. The van der Waals surface area contributed by atoms with Crippen LogP contribution in [0, 0.1) is 0 Å². The Balaban J connectivity index is 2.35. The molecule has 0 aliphatic rings. The Kier molecular flexibility index (Phi) is 7.11. The average Bonchev–Trinajstić information content (AvgIpc) is 2.43. The molecule has 100 valence electrons. The van der Waals surface area contributed by atoms with E-state index >= 15 is 0 Å². The lowest BCUT2D eigenvalue weighted by atomic mass is 10.0. The topological polar surface area (TPSA) is 38.3 Å². The summed E-state index contributed by atoms with van der Waals surface area (Å²) in [6.45, 7) is 2.94. The molecule has 1 aromatic rings. The van der Waals surface area contributed by atoms with Gasteiger partial charge in [-0.05, 0) is 37.8 Å². The van der Waals surface area contributed by atoms with Crippen molar-refractivity contribution in [2.45, 2.75) is 38.6 Å². The second-order valence-corrected chi connectivity index (χ2v) is 4.41. The van der Waals surface area contributed by atoms with Crippen LogP contribution in [0.2, 0.25) is 0 Å². The molecule has 0 radical (unpaired) electrons. The van der Waals surface area contributed by atoms with E-state index in [1.165, 1.54) is 12.7 Å². The molecule has 3 heteroatoms. The minimum Gasteiger partial charge on any atom is -0.468 e. The fraction of sp³-hybridized carbons (Fsp3) is 0.533. The van der Waals surface area contributed by atoms with E-state index in [2.05, 4.69) is 24.4 Å². The van der Waals surface area contributed by atoms with Gasteiger partial charge in [0.15, 0.2) is 0 Å². The highest BCUT2D eigenvalue weighted by molar-refractivity contribution is 5.75. The van der Waals surface area contributed by atoms with Crippen molar-refractivity contribution >= 4 is 5.97 Å². The number of nitrogens with one attached hydrogen (secondary N) is 1. The van der Waals surface area contributed by atoms with Gasteiger partial charge in [-0.1, -0.05) is 37.3 Å². The number of hydrogen-bond acceptors (Lipinski definition) is 3. The van der Waals surface area contributed by atoms with Gasteiger partial charge in [0.1, 0.15) is 6.04 Å². The molecule has 18 heavy (non-hydrogen) atoms. The van der Waals surface area contributed by atoms with Gasteiger partial charge in [-0.15, -0.1) is 0 Å². The molecule has 1 N–H and O–H groups in total. The van der Waals surface area contributed by atoms with Gasteiger partial charge < -0.3 is 10.1 Å². The summed E-state index contributed by atoms with van der Waals surface area (Å²) in [5, 5.41) is 3.23. The SMILES string of the molecule is CCCNC(CCCc1ccccc1)C(=O)OC. The van der Waals surface area contributed by atoms with Gasteiger partial charge in [-0.2, -0.15) is 0 Å². The first-order chi connectivity index (χ1) is 8.77. The van der Waals surface area contributed by atoms with E-state index < -0.39 is 0 Å². The van der Waals surface area contributed by atoms with E-state index in [-0.39, 0.29) is 12.0 Å². The van der Waals surface area contributed by atoms with Gasteiger partial charge in [-0.25, -0.2) is 0 Å². The minimum atomic E-state index is -0.168. The molecule has 0 saturated heterocycles. The molecule has 0 saturated carbocycles. The molecule has 1 rings (SSSR count). The van der Waals surface area contributed by atoms with Crippen molar-refractivity contribution in [1.82, 2.24) is 5.32 Å². The molecular formula is C15H23NO2. The maximum Gasteiger partial charge on any atom is 0.322 e. The van der Waals surface area contributed by atoms with Crippen LogP contribution >= 0.6 is 0 Å². The van der Waals surface area contributed by atoms with Crippen molar-refractivity contribution in [2.24, 2.45) is 0 Å². The number of carbonyl (C=O) groups is 1. The largest absolute Gasteiger partial charge is 0.468 e. The number of methoxy groups -OCH3 is 1. The minimum absolute atomic E-state index is 0.156. The van der Waals surface area contributed by atoms with Crippen molar-refractivity contribution in [3.63, 3.8) is 0 Å². The number of rotatable bonds is 8. The third-order valence-corrected chi connectivity index (χ3v) is 2.93. The maximum absolute atomic E-state index is 11.6. The lowest BCUT2D eigenvalue weighted by molar-refractivity contribution is -0.143. The summed E-state index contributed by atoms with van der Waals surface area (Å²) in [5.41, 5.74) is 1.32. The van der Waals surface area contributed by atoms with Crippen molar-refractivity contribution in [3.8, 4) is 0 Å². The summed E-state index contributed by atoms with van der Waals surface area (Å²) in [6.07, 6.45) is 3.83. The smallest absolute Gasteiger partial charge is 0.322 e. The van der Waals surface area contributed by atoms with Crippen LogP contribution in [0.25, 0.3) is 0 Å². The van der Waals surface area contributed by atoms with E-state index in [4.69, 9.17) is 4.74 Å². The zero-order valence-electron chi connectivity index (χ0n) is 11.3. The first kappa shape index (κ1) is 14.7. The predicted octanol–water partition coefficient (Wildman–Crippen LogP) is 2.55. The van der Waals surface area contributed by atoms with Gasteiger partial charge >= 0.3 is 5.97 Å². The van der Waals surface area contributed by atoms with E-state index in [1.807, 2.05) is 18.2 Å². The van der Waals surface area contributed by atoms with Gasteiger partial charge in [-0.3, -0.25) is 4.79 Å². The fourth-order valence-electron chi connectivity index (χ4n) is 1.92. The molecule has 1 unspecified atom stereocenters. The number of aryl methyl sites for hydroxylation is 1. The summed E-state index contributed by atoms with van der Waals surface area (Å²) >= 11 is 0. The van der Waals surface area contributed by atoms with E-state index in [0.29, 0.717) is 0 Å². The molecule has 1 aromatic carbocycles. The molecule has 0 heterocycles. The van der Waals surface area contributed by atoms with Gasteiger partial charge in [0.05, 0.1) is 7.11 Å². The first-order valence-corrected chi connectivity index (χ1v) is 6.63. The van der Waals surface area contributed by atoms with Crippen molar-refractivity contribution < 1.29 is 9.53 Å². The maximum atomic E-state index is 11.6. The Morgan fingerprint density at radius 3 is 2.67 bits per heavy atom. The van der Waals surface area contributed by atoms with E-state index in [1.54, 1.807) is 0 Å². The standard InChI is InChI=1S/C15H23NO2/c1-3-12-16-14(15(17)18-2)11-7-10-13-8-5-4-6-9-13/h4-6,8-9,14,16H,3,7,10-12H2,1-2H3. The lowest BCUT2D eigenvalue weighted by Crippen LogP contribution is -2.38. The Bertz CT molecular complexity index is 338. The van der Waals surface area contributed by atoms with Gasteiger partial charge in [0.25, 0.3) is 0 Å².